The molecule has 1 aromatic carbocycles. The Bertz CT molecular complexity index is 468. The van der Waals surface area contributed by atoms with Gasteiger partial charge in [0.2, 0.25) is 0 Å². The third-order valence-corrected chi connectivity index (χ3v) is 3.07. The third-order valence-electron chi connectivity index (χ3n) is 2.38. The van der Waals surface area contributed by atoms with Crippen LogP contribution >= 0.6 is 0 Å². The molecule has 5 heteroatoms. The van der Waals surface area contributed by atoms with E-state index < -0.39 is 10.1 Å². The lowest BCUT2D eigenvalue weighted by Gasteiger charge is -2.24. The summed E-state index contributed by atoms with van der Waals surface area (Å²) in [5.74, 6) is -0.285. The monoisotopic (exact) mass is 255 g/mol. The molecule has 0 spiro atoms. The van der Waals surface area contributed by atoms with Crippen molar-refractivity contribution in [3.05, 3.63) is 48.2 Å². The lowest BCUT2D eigenvalue weighted by atomic mass is 10.2. The number of benzene rings is 1. The van der Waals surface area contributed by atoms with E-state index in [4.69, 9.17) is 4.55 Å². The minimum Gasteiger partial charge on any atom is -0.370 e. The zero-order chi connectivity index (χ0) is 12.9. The maximum Gasteiger partial charge on any atom is 0.266 e. The lowest BCUT2D eigenvalue weighted by molar-refractivity contribution is 0.353. The fourth-order valence-electron chi connectivity index (χ4n) is 1.43. The van der Waals surface area contributed by atoms with Gasteiger partial charge in [-0.3, -0.25) is 4.55 Å². The Morgan fingerprint density at radius 1 is 1.35 bits per heavy atom. The van der Waals surface area contributed by atoms with Gasteiger partial charge in [-0.15, -0.1) is 0 Å². The molecule has 0 fully saturated rings. The van der Waals surface area contributed by atoms with Crippen LogP contribution in [0.1, 0.15) is 12.5 Å². The second-order valence-corrected chi connectivity index (χ2v) is 5.50. The number of rotatable bonds is 6. The Balaban J connectivity index is 2.65. The smallest absolute Gasteiger partial charge is 0.266 e. The molecule has 1 aromatic rings. The second-order valence-electron chi connectivity index (χ2n) is 3.93. The Hall–Kier alpha value is -1.33. The average Bonchev–Trinajstić information content (AvgIpc) is 2.24. The van der Waals surface area contributed by atoms with Crippen LogP contribution in [0, 0.1) is 0 Å². The van der Waals surface area contributed by atoms with Crippen molar-refractivity contribution in [3.63, 3.8) is 0 Å². The molecule has 17 heavy (non-hydrogen) atoms. The van der Waals surface area contributed by atoms with Gasteiger partial charge in [-0.05, 0) is 12.5 Å². The van der Waals surface area contributed by atoms with Gasteiger partial charge in [-0.1, -0.05) is 36.9 Å². The van der Waals surface area contributed by atoms with Crippen LogP contribution in [0.3, 0.4) is 0 Å². The van der Waals surface area contributed by atoms with Gasteiger partial charge >= 0.3 is 0 Å². The highest BCUT2D eigenvalue weighted by Crippen LogP contribution is 2.09. The third kappa shape index (κ3) is 5.51. The van der Waals surface area contributed by atoms with Crippen LogP contribution in [0.4, 0.5) is 0 Å². The molecular weight excluding hydrogens is 238 g/mol. The Labute approximate surface area is 102 Å². The fourth-order valence-corrected chi connectivity index (χ4v) is 1.89. The van der Waals surface area contributed by atoms with Gasteiger partial charge < -0.3 is 4.90 Å². The molecule has 0 aliphatic carbocycles. The quantitative estimate of drug-likeness (QED) is 0.789. The largest absolute Gasteiger partial charge is 0.370 e. The van der Waals surface area contributed by atoms with E-state index in [0.717, 1.165) is 11.3 Å². The normalized spacial score (nSPS) is 11.2. The summed E-state index contributed by atoms with van der Waals surface area (Å²) in [4.78, 5) is 1.82. The molecule has 0 aromatic heterocycles. The van der Waals surface area contributed by atoms with Gasteiger partial charge in [0.1, 0.15) is 0 Å². The van der Waals surface area contributed by atoms with Crippen LogP contribution in [-0.4, -0.2) is 30.2 Å². The first-order chi connectivity index (χ1) is 7.88. The van der Waals surface area contributed by atoms with Crippen molar-refractivity contribution in [2.75, 3.05) is 12.3 Å². The molecule has 1 N–H and O–H groups in total. The predicted octanol–water partition coefficient (Wildman–Crippen LogP) is 1.91. The first-order valence-corrected chi connectivity index (χ1v) is 6.89. The highest BCUT2D eigenvalue weighted by molar-refractivity contribution is 7.85. The SMILES string of the molecule is C=C(C)N(CCS(=O)(=O)O)Cc1ccccc1. The molecule has 0 radical (unpaired) electrons. The van der Waals surface area contributed by atoms with E-state index in [0.29, 0.717) is 6.54 Å². The summed E-state index contributed by atoms with van der Waals surface area (Å²) in [7, 11) is -3.93. The summed E-state index contributed by atoms with van der Waals surface area (Å²) < 4.78 is 30.2. The molecule has 0 aliphatic rings. The minimum absolute atomic E-state index is 0.239. The average molecular weight is 255 g/mol. The maximum atomic E-state index is 10.7. The number of allylic oxidation sites excluding steroid dienone is 1. The summed E-state index contributed by atoms with van der Waals surface area (Å²) in [6.07, 6.45) is 0. The standard InChI is InChI=1S/C12H17NO3S/c1-11(2)13(8-9-17(14,15)16)10-12-6-4-3-5-7-12/h3-7H,1,8-10H2,2H3,(H,14,15,16). The van der Waals surface area contributed by atoms with Crippen molar-refractivity contribution in [2.45, 2.75) is 13.5 Å². The molecule has 0 amide bonds. The van der Waals surface area contributed by atoms with Gasteiger partial charge in [-0.2, -0.15) is 8.42 Å². The van der Waals surface area contributed by atoms with E-state index in [2.05, 4.69) is 6.58 Å². The highest BCUT2D eigenvalue weighted by Gasteiger charge is 2.10. The second kappa shape index (κ2) is 5.84. The van der Waals surface area contributed by atoms with Crippen LogP contribution in [-0.2, 0) is 16.7 Å². The van der Waals surface area contributed by atoms with Gasteiger partial charge in [0.25, 0.3) is 10.1 Å². The molecule has 4 nitrogen and oxygen atoms in total. The Morgan fingerprint density at radius 2 is 1.94 bits per heavy atom. The van der Waals surface area contributed by atoms with E-state index in [9.17, 15) is 8.42 Å². The molecule has 0 saturated carbocycles. The molecule has 0 aliphatic heterocycles. The van der Waals surface area contributed by atoms with Crippen LogP contribution in [0.2, 0.25) is 0 Å². The Morgan fingerprint density at radius 3 is 2.41 bits per heavy atom. The predicted molar refractivity (Wildman–Crippen MR) is 68.1 cm³/mol. The highest BCUT2D eigenvalue weighted by atomic mass is 32.2. The van der Waals surface area contributed by atoms with Gasteiger partial charge in [0.15, 0.2) is 0 Å². The van der Waals surface area contributed by atoms with Gasteiger partial charge in [0, 0.05) is 18.8 Å². The van der Waals surface area contributed by atoms with Crippen molar-refractivity contribution >= 4 is 10.1 Å². The minimum atomic E-state index is -3.93. The van der Waals surface area contributed by atoms with Crippen LogP contribution < -0.4 is 0 Å². The molecule has 0 heterocycles. The van der Waals surface area contributed by atoms with Crippen molar-refractivity contribution in [3.8, 4) is 0 Å². The summed E-state index contributed by atoms with van der Waals surface area (Å²) in [6, 6.07) is 9.70. The van der Waals surface area contributed by atoms with Crippen molar-refractivity contribution < 1.29 is 13.0 Å². The van der Waals surface area contributed by atoms with E-state index in [1.54, 1.807) is 0 Å². The molecule has 94 valence electrons. The van der Waals surface area contributed by atoms with Crippen LogP contribution in [0.25, 0.3) is 0 Å². The number of nitrogens with zero attached hydrogens (tertiary/aromatic N) is 1. The first-order valence-electron chi connectivity index (χ1n) is 5.28. The molecule has 1 rings (SSSR count). The summed E-state index contributed by atoms with van der Waals surface area (Å²) in [5, 5.41) is 0. The van der Waals surface area contributed by atoms with Gasteiger partial charge in [-0.25, -0.2) is 0 Å². The molecular formula is C12H17NO3S. The number of hydrogen-bond donors (Lipinski definition) is 1. The molecule has 0 bridgehead atoms. The molecule has 0 atom stereocenters. The van der Waals surface area contributed by atoms with E-state index in [-0.39, 0.29) is 12.3 Å². The van der Waals surface area contributed by atoms with Gasteiger partial charge in [0.05, 0.1) is 5.75 Å². The summed E-state index contributed by atoms with van der Waals surface area (Å²) in [5.41, 5.74) is 1.85. The molecule has 0 unspecified atom stereocenters. The zero-order valence-electron chi connectivity index (χ0n) is 9.83. The maximum absolute atomic E-state index is 10.7. The van der Waals surface area contributed by atoms with Crippen molar-refractivity contribution in [2.24, 2.45) is 0 Å². The Kier molecular flexibility index (Phi) is 4.72. The fraction of sp³-hybridized carbons (Fsp3) is 0.333. The van der Waals surface area contributed by atoms with E-state index in [1.165, 1.54) is 0 Å². The van der Waals surface area contributed by atoms with Crippen LogP contribution in [0.15, 0.2) is 42.6 Å². The summed E-state index contributed by atoms with van der Waals surface area (Å²) >= 11 is 0. The van der Waals surface area contributed by atoms with E-state index >= 15 is 0 Å². The van der Waals surface area contributed by atoms with E-state index in [1.807, 2.05) is 42.2 Å². The summed E-state index contributed by atoms with van der Waals surface area (Å²) in [6.45, 7) is 6.44. The first kappa shape index (κ1) is 13.7. The van der Waals surface area contributed by atoms with Crippen molar-refractivity contribution in [1.29, 1.82) is 0 Å². The lowest BCUT2D eigenvalue weighted by Crippen LogP contribution is -2.27. The zero-order valence-corrected chi connectivity index (χ0v) is 10.7. The van der Waals surface area contributed by atoms with Crippen LogP contribution in [0.5, 0.6) is 0 Å². The van der Waals surface area contributed by atoms with Crippen molar-refractivity contribution in [1.82, 2.24) is 4.90 Å². The number of hydrogen-bond acceptors (Lipinski definition) is 3. The topological polar surface area (TPSA) is 57.6 Å². The molecule has 0 saturated heterocycles.